The molecule has 0 aliphatic heterocycles. The number of aliphatic hydroxyl groups is 1. The lowest BCUT2D eigenvalue weighted by atomic mass is 9.92. The van der Waals surface area contributed by atoms with Crippen molar-refractivity contribution in [2.24, 2.45) is 0 Å². The number of hydrogen-bond donors (Lipinski definition) is 3. The molecule has 0 saturated heterocycles. The van der Waals surface area contributed by atoms with Gasteiger partial charge in [-0.15, -0.1) is 0 Å². The van der Waals surface area contributed by atoms with Gasteiger partial charge in [-0.1, -0.05) is 0 Å². The van der Waals surface area contributed by atoms with E-state index >= 15 is 0 Å². The maximum atomic E-state index is 12.1. The zero-order valence-electron chi connectivity index (χ0n) is 11.0. The van der Waals surface area contributed by atoms with Crippen molar-refractivity contribution in [2.45, 2.75) is 25.3 Å². The SMILES string of the molecule is O=C(O)c1cncc(NC(=O)N(CCO)C2CCC2)c1. The fraction of sp³-hybridized carbons (Fsp3) is 0.462. The molecule has 1 fully saturated rings. The monoisotopic (exact) mass is 279 g/mol. The van der Waals surface area contributed by atoms with Crippen molar-refractivity contribution in [2.75, 3.05) is 18.5 Å². The quantitative estimate of drug-likeness (QED) is 0.750. The Hall–Kier alpha value is -2.15. The third-order valence-electron chi connectivity index (χ3n) is 3.35. The minimum absolute atomic E-state index is 0.0140. The smallest absolute Gasteiger partial charge is 0.337 e. The van der Waals surface area contributed by atoms with Crippen molar-refractivity contribution in [1.29, 1.82) is 0 Å². The molecule has 0 radical (unpaired) electrons. The highest BCUT2D eigenvalue weighted by molar-refractivity contribution is 5.92. The number of rotatable bonds is 5. The summed E-state index contributed by atoms with van der Waals surface area (Å²) in [4.78, 5) is 28.3. The summed E-state index contributed by atoms with van der Waals surface area (Å²) < 4.78 is 0. The normalized spacial score (nSPS) is 14.4. The van der Waals surface area contributed by atoms with Gasteiger partial charge < -0.3 is 20.4 Å². The molecule has 7 heteroatoms. The molecule has 0 aromatic carbocycles. The highest BCUT2D eigenvalue weighted by Gasteiger charge is 2.28. The molecule has 20 heavy (non-hydrogen) atoms. The molecule has 7 nitrogen and oxygen atoms in total. The Balaban J connectivity index is 2.05. The van der Waals surface area contributed by atoms with Crippen LogP contribution >= 0.6 is 0 Å². The Morgan fingerprint density at radius 2 is 2.15 bits per heavy atom. The maximum Gasteiger partial charge on any atom is 0.337 e. The molecule has 2 amide bonds. The number of pyridine rings is 1. The number of urea groups is 1. The van der Waals surface area contributed by atoms with Crippen LogP contribution in [0.1, 0.15) is 29.6 Å². The van der Waals surface area contributed by atoms with Crippen LogP contribution in [-0.4, -0.2) is 51.3 Å². The molecule has 1 saturated carbocycles. The molecular weight excluding hydrogens is 262 g/mol. The zero-order valence-corrected chi connectivity index (χ0v) is 11.0. The topological polar surface area (TPSA) is 103 Å². The van der Waals surface area contributed by atoms with E-state index in [1.807, 2.05) is 0 Å². The highest BCUT2D eigenvalue weighted by atomic mass is 16.4. The van der Waals surface area contributed by atoms with Crippen LogP contribution in [-0.2, 0) is 0 Å². The molecule has 0 bridgehead atoms. The van der Waals surface area contributed by atoms with Gasteiger partial charge in [0.2, 0.25) is 0 Å². The molecule has 0 spiro atoms. The van der Waals surface area contributed by atoms with Crippen LogP contribution in [0.4, 0.5) is 10.5 Å². The van der Waals surface area contributed by atoms with Gasteiger partial charge in [0.25, 0.3) is 0 Å². The van der Waals surface area contributed by atoms with Crippen LogP contribution in [0.5, 0.6) is 0 Å². The largest absolute Gasteiger partial charge is 0.478 e. The maximum absolute atomic E-state index is 12.1. The summed E-state index contributed by atoms with van der Waals surface area (Å²) >= 11 is 0. The third-order valence-corrected chi connectivity index (χ3v) is 3.35. The number of anilines is 1. The number of carboxylic acids is 1. The molecule has 0 atom stereocenters. The van der Waals surface area contributed by atoms with Crippen LogP contribution in [0.3, 0.4) is 0 Å². The van der Waals surface area contributed by atoms with Gasteiger partial charge in [0.15, 0.2) is 0 Å². The second-order valence-corrected chi connectivity index (χ2v) is 4.70. The third kappa shape index (κ3) is 3.24. The number of hydrogen-bond acceptors (Lipinski definition) is 4. The lowest BCUT2D eigenvalue weighted by Gasteiger charge is -2.37. The fourth-order valence-corrected chi connectivity index (χ4v) is 2.08. The van der Waals surface area contributed by atoms with Gasteiger partial charge >= 0.3 is 12.0 Å². The number of nitrogens with zero attached hydrogens (tertiary/aromatic N) is 2. The highest BCUT2D eigenvalue weighted by Crippen LogP contribution is 2.25. The van der Waals surface area contributed by atoms with Crippen molar-refractivity contribution >= 4 is 17.7 Å². The average Bonchev–Trinajstić information content (AvgIpc) is 2.36. The minimum Gasteiger partial charge on any atom is -0.478 e. The van der Waals surface area contributed by atoms with Gasteiger partial charge in [-0.25, -0.2) is 9.59 Å². The van der Waals surface area contributed by atoms with E-state index < -0.39 is 5.97 Å². The van der Waals surface area contributed by atoms with Crippen molar-refractivity contribution in [3.8, 4) is 0 Å². The van der Waals surface area contributed by atoms with E-state index in [-0.39, 0.29) is 30.8 Å². The van der Waals surface area contributed by atoms with Crippen molar-refractivity contribution < 1.29 is 19.8 Å². The average molecular weight is 279 g/mol. The van der Waals surface area contributed by atoms with Gasteiger partial charge in [0.05, 0.1) is 24.1 Å². The Kier molecular flexibility index (Phi) is 4.52. The van der Waals surface area contributed by atoms with E-state index in [2.05, 4.69) is 10.3 Å². The Morgan fingerprint density at radius 1 is 1.40 bits per heavy atom. The second-order valence-electron chi connectivity index (χ2n) is 4.70. The molecule has 1 aromatic heterocycles. The van der Waals surface area contributed by atoms with Crippen molar-refractivity contribution in [3.05, 3.63) is 24.0 Å². The van der Waals surface area contributed by atoms with Crippen LogP contribution in [0.15, 0.2) is 18.5 Å². The van der Waals surface area contributed by atoms with E-state index in [1.165, 1.54) is 18.5 Å². The standard InChI is InChI=1S/C13H17N3O4/c17-5-4-16(11-2-1-3-11)13(20)15-10-6-9(12(18)19)7-14-8-10/h6-8,11,17H,1-5H2,(H,15,20)(H,18,19). The molecule has 1 aliphatic rings. The van der Waals surface area contributed by atoms with Gasteiger partial charge in [-0.3, -0.25) is 4.98 Å². The Bertz CT molecular complexity index is 502. The molecule has 1 aromatic rings. The van der Waals surface area contributed by atoms with Gasteiger partial charge in [-0.2, -0.15) is 0 Å². The van der Waals surface area contributed by atoms with Crippen LogP contribution in [0.2, 0.25) is 0 Å². The summed E-state index contributed by atoms with van der Waals surface area (Å²) in [5.41, 5.74) is 0.345. The molecule has 1 heterocycles. The van der Waals surface area contributed by atoms with Crippen molar-refractivity contribution in [1.82, 2.24) is 9.88 Å². The van der Waals surface area contributed by atoms with E-state index in [9.17, 15) is 9.59 Å². The van der Waals surface area contributed by atoms with Crippen LogP contribution in [0.25, 0.3) is 0 Å². The van der Waals surface area contributed by atoms with Gasteiger partial charge in [0.1, 0.15) is 0 Å². The summed E-state index contributed by atoms with van der Waals surface area (Å²) in [6.07, 6.45) is 5.55. The van der Waals surface area contributed by atoms with Crippen LogP contribution in [0, 0.1) is 0 Å². The number of aromatic carboxylic acids is 1. The number of nitrogens with one attached hydrogen (secondary N) is 1. The lowest BCUT2D eigenvalue weighted by molar-refractivity contribution is 0.0696. The number of aromatic nitrogens is 1. The molecular formula is C13H17N3O4. The fourth-order valence-electron chi connectivity index (χ4n) is 2.08. The van der Waals surface area contributed by atoms with Gasteiger partial charge in [0, 0.05) is 18.8 Å². The van der Waals surface area contributed by atoms with Crippen molar-refractivity contribution in [3.63, 3.8) is 0 Å². The summed E-state index contributed by atoms with van der Waals surface area (Å²) in [5, 5.41) is 20.5. The summed E-state index contributed by atoms with van der Waals surface area (Å²) in [6.45, 7) is 0.167. The first-order chi connectivity index (χ1) is 9.61. The van der Waals surface area contributed by atoms with E-state index in [0.717, 1.165) is 19.3 Å². The number of carboxylic acid groups (broad SMARTS) is 1. The molecule has 1 aliphatic carbocycles. The first-order valence-electron chi connectivity index (χ1n) is 6.48. The van der Waals surface area contributed by atoms with Crippen LogP contribution < -0.4 is 5.32 Å². The van der Waals surface area contributed by atoms with Gasteiger partial charge in [-0.05, 0) is 25.3 Å². The number of carbonyl (C=O) groups is 2. The Labute approximate surface area is 116 Å². The Morgan fingerprint density at radius 3 is 2.70 bits per heavy atom. The van der Waals surface area contributed by atoms with E-state index in [0.29, 0.717) is 5.69 Å². The molecule has 2 rings (SSSR count). The number of aliphatic hydroxyl groups excluding tert-OH is 1. The molecule has 0 unspecified atom stereocenters. The summed E-state index contributed by atoms with van der Waals surface area (Å²) in [5.74, 6) is -1.10. The first kappa shape index (κ1) is 14.3. The predicted molar refractivity (Wildman–Crippen MR) is 71.6 cm³/mol. The van der Waals surface area contributed by atoms with E-state index in [1.54, 1.807) is 4.90 Å². The summed E-state index contributed by atoms with van der Waals surface area (Å²) in [6, 6.07) is 1.16. The first-order valence-corrected chi connectivity index (χ1v) is 6.48. The number of carbonyl (C=O) groups excluding carboxylic acids is 1. The summed E-state index contributed by atoms with van der Waals surface area (Å²) in [7, 11) is 0. The lowest BCUT2D eigenvalue weighted by Crippen LogP contribution is -2.47. The second kappa shape index (κ2) is 6.33. The molecule has 108 valence electrons. The predicted octanol–water partition coefficient (Wildman–Crippen LogP) is 1.16. The van der Waals surface area contributed by atoms with E-state index in [4.69, 9.17) is 10.2 Å². The zero-order chi connectivity index (χ0) is 14.5. The number of amides is 2. The minimum atomic E-state index is -1.10. The molecule has 3 N–H and O–H groups in total.